The smallest absolute Gasteiger partial charge is 0.308 e. The maximum atomic E-state index is 12.8. The van der Waals surface area contributed by atoms with Gasteiger partial charge in [0, 0.05) is 12.5 Å². The van der Waals surface area contributed by atoms with E-state index >= 15 is 0 Å². The molecule has 0 saturated carbocycles. The fourth-order valence-corrected chi connectivity index (χ4v) is 4.36. The van der Waals surface area contributed by atoms with E-state index in [1.165, 1.54) is 29.9 Å². The first-order valence-electron chi connectivity index (χ1n) is 9.01. The minimum atomic E-state index is -0.462. The van der Waals surface area contributed by atoms with Crippen molar-refractivity contribution in [3.8, 4) is 28.6 Å². The summed E-state index contributed by atoms with van der Waals surface area (Å²) in [7, 11) is 3.07. The van der Waals surface area contributed by atoms with Crippen LogP contribution in [0.25, 0.3) is 22.4 Å². The second-order valence-electron chi connectivity index (χ2n) is 6.40. The van der Waals surface area contributed by atoms with Gasteiger partial charge in [0.25, 0.3) is 5.56 Å². The fraction of sp³-hybridized carbons (Fsp3) is 0.143. The van der Waals surface area contributed by atoms with Crippen molar-refractivity contribution in [2.24, 2.45) is 0 Å². The van der Waals surface area contributed by atoms with Crippen molar-refractivity contribution >= 4 is 44.3 Å². The molecule has 0 radical (unpaired) electrons. The molecule has 158 valence electrons. The Morgan fingerprint density at radius 3 is 2.52 bits per heavy atom. The zero-order valence-electron chi connectivity index (χ0n) is 16.7. The van der Waals surface area contributed by atoms with Gasteiger partial charge in [-0.05, 0) is 64.0 Å². The summed E-state index contributed by atoms with van der Waals surface area (Å²) in [5.41, 5.74) is 1.21. The van der Waals surface area contributed by atoms with Crippen molar-refractivity contribution < 1.29 is 19.0 Å². The largest absolute Gasteiger partial charge is 0.497 e. The van der Waals surface area contributed by atoms with Gasteiger partial charge in [-0.15, -0.1) is 5.10 Å². The maximum Gasteiger partial charge on any atom is 0.308 e. The molecule has 0 spiro atoms. The second-order valence-corrected chi connectivity index (χ2v) is 8.27. The quantitative estimate of drug-likeness (QED) is 0.306. The van der Waals surface area contributed by atoms with E-state index in [2.05, 4.69) is 26.0 Å². The van der Waals surface area contributed by atoms with Crippen LogP contribution in [-0.4, -0.2) is 34.8 Å². The van der Waals surface area contributed by atoms with Gasteiger partial charge >= 0.3 is 5.97 Å². The molecule has 0 N–H and O–H groups in total. The molecular weight excluding hydrogens is 486 g/mol. The molecule has 0 aliphatic carbocycles. The maximum absolute atomic E-state index is 12.8. The van der Waals surface area contributed by atoms with Crippen LogP contribution in [-0.2, 0) is 4.79 Å². The van der Waals surface area contributed by atoms with Crippen molar-refractivity contribution in [2.45, 2.75) is 6.92 Å². The average molecular weight is 502 g/mol. The van der Waals surface area contributed by atoms with Crippen molar-refractivity contribution in [1.29, 1.82) is 0 Å². The van der Waals surface area contributed by atoms with Gasteiger partial charge in [0.15, 0.2) is 17.3 Å². The number of carbonyl (C=O) groups is 1. The molecule has 10 heteroatoms. The van der Waals surface area contributed by atoms with Crippen molar-refractivity contribution in [3.63, 3.8) is 0 Å². The van der Waals surface area contributed by atoms with Gasteiger partial charge < -0.3 is 14.2 Å². The summed E-state index contributed by atoms with van der Waals surface area (Å²) < 4.78 is 17.9. The summed E-state index contributed by atoms with van der Waals surface area (Å²) in [6.07, 6.45) is 1.71. The fourth-order valence-electron chi connectivity index (χ4n) is 2.91. The van der Waals surface area contributed by atoms with E-state index in [-0.39, 0.29) is 11.3 Å². The number of esters is 1. The molecule has 0 amide bonds. The number of carbonyl (C=O) groups excluding carboxylic acids is 1. The molecular formula is C21H16BrN3O5S. The molecule has 31 heavy (non-hydrogen) atoms. The number of hydrogen-bond donors (Lipinski definition) is 0. The van der Waals surface area contributed by atoms with Gasteiger partial charge in [0.05, 0.1) is 23.2 Å². The Bertz CT molecular complexity index is 1400. The zero-order chi connectivity index (χ0) is 22.1. The highest BCUT2D eigenvalue weighted by Gasteiger charge is 2.15. The van der Waals surface area contributed by atoms with Crippen molar-refractivity contribution in [3.05, 3.63) is 61.3 Å². The van der Waals surface area contributed by atoms with Crippen LogP contribution in [0.5, 0.6) is 17.2 Å². The van der Waals surface area contributed by atoms with Crippen LogP contribution in [0.1, 0.15) is 12.5 Å². The van der Waals surface area contributed by atoms with E-state index in [9.17, 15) is 9.59 Å². The summed E-state index contributed by atoms with van der Waals surface area (Å²) in [5.74, 6) is 1.38. The van der Waals surface area contributed by atoms with E-state index < -0.39 is 5.97 Å². The third kappa shape index (κ3) is 4.17. The molecule has 0 aliphatic rings. The zero-order valence-corrected chi connectivity index (χ0v) is 19.1. The SMILES string of the molecule is COc1ccc(-c2nc3s/c(=C\c4cc(Br)c(OC(C)=O)c(OC)c4)c(=O)n3n2)cc1. The first-order valence-corrected chi connectivity index (χ1v) is 10.6. The summed E-state index contributed by atoms with van der Waals surface area (Å²) >= 11 is 4.61. The number of fused-ring (bicyclic) bond motifs is 1. The number of rotatable bonds is 5. The Labute approximate surface area is 188 Å². The highest BCUT2D eigenvalue weighted by molar-refractivity contribution is 9.10. The number of ether oxygens (including phenoxy) is 3. The number of aromatic nitrogens is 3. The minimum absolute atomic E-state index is 0.272. The first-order chi connectivity index (χ1) is 14.9. The second kappa shape index (κ2) is 8.48. The molecule has 4 aromatic rings. The molecule has 0 atom stereocenters. The van der Waals surface area contributed by atoms with Crippen LogP contribution in [0.3, 0.4) is 0 Å². The normalized spacial score (nSPS) is 11.7. The Morgan fingerprint density at radius 2 is 1.90 bits per heavy atom. The van der Waals surface area contributed by atoms with E-state index in [0.717, 1.165) is 11.3 Å². The van der Waals surface area contributed by atoms with Gasteiger partial charge in [0.2, 0.25) is 4.96 Å². The third-order valence-corrected chi connectivity index (χ3v) is 5.87. The molecule has 2 aromatic heterocycles. The number of hydrogen-bond acceptors (Lipinski definition) is 8. The van der Waals surface area contributed by atoms with E-state index in [0.29, 0.717) is 31.1 Å². The van der Waals surface area contributed by atoms with Crippen LogP contribution in [0.15, 0.2) is 45.7 Å². The molecule has 2 aromatic carbocycles. The first kappa shape index (κ1) is 21.0. The predicted molar refractivity (Wildman–Crippen MR) is 120 cm³/mol. The number of nitrogens with zero attached hydrogens (tertiary/aromatic N) is 3. The summed E-state index contributed by atoms with van der Waals surface area (Å²) in [5, 5.41) is 4.35. The minimum Gasteiger partial charge on any atom is -0.497 e. The van der Waals surface area contributed by atoms with Crippen LogP contribution < -0.4 is 24.3 Å². The Kier molecular flexibility index (Phi) is 5.75. The lowest BCUT2D eigenvalue weighted by atomic mass is 10.2. The van der Waals surface area contributed by atoms with Crippen LogP contribution in [0.4, 0.5) is 0 Å². The van der Waals surface area contributed by atoms with Gasteiger partial charge in [-0.1, -0.05) is 11.3 Å². The van der Waals surface area contributed by atoms with E-state index in [1.54, 1.807) is 25.3 Å². The van der Waals surface area contributed by atoms with E-state index in [1.807, 2.05) is 24.3 Å². The lowest BCUT2D eigenvalue weighted by Crippen LogP contribution is -2.23. The standard InChI is InChI=1S/C21H16BrN3O5S/c1-11(26)30-18-15(22)8-12(9-16(18)29-3)10-17-20(27)25-21(31-17)23-19(24-25)13-4-6-14(28-2)7-5-13/h4-10H,1-3H3/b17-10-. The monoisotopic (exact) mass is 501 g/mol. The molecule has 4 rings (SSSR count). The topological polar surface area (TPSA) is 92.0 Å². The number of benzene rings is 2. The molecule has 2 heterocycles. The van der Waals surface area contributed by atoms with Crippen molar-refractivity contribution in [1.82, 2.24) is 14.6 Å². The van der Waals surface area contributed by atoms with Crippen LogP contribution in [0.2, 0.25) is 0 Å². The number of thiazole rings is 1. The predicted octanol–water partition coefficient (Wildman–Crippen LogP) is 3.07. The summed E-state index contributed by atoms with van der Waals surface area (Å²) in [4.78, 5) is 29.1. The van der Waals surface area contributed by atoms with Gasteiger partial charge in [-0.3, -0.25) is 9.59 Å². The molecule has 0 aliphatic heterocycles. The number of methoxy groups -OCH3 is 2. The Morgan fingerprint density at radius 1 is 1.16 bits per heavy atom. The molecule has 0 bridgehead atoms. The van der Waals surface area contributed by atoms with Gasteiger partial charge in [0.1, 0.15) is 5.75 Å². The molecule has 0 unspecified atom stereocenters. The summed E-state index contributed by atoms with van der Waals surface area (Å²) in [6.45, 7) is 1.31. The average Bonchev–Trinajstić information content (AvgIpc) is 3.29. The third-order valence-electron chi connectivity index (χ3n) is 4.33. The van der Waals surface area contributed by atoms with E-state index in [4.69, 9.17) is 14.2 Å². The van der Waals surface area contributed by atoms with Gasteiger partial charge in [-0.2, -0.15) is 9.50 Å². The summed E-state index contributed by atoms with van der Waals surface area (Å²) in [6, 6.07) is 10.7. The van der Waals surface area contributed by atoms with Crippen molar-refractivity contribution in [2.75, 3.05) is 14.2 Å². The highest BCUT2D eigenvalue weighted by atomic mass is 79.9. The molecule has 0 saturated heterocycles. The molecule has 0 fully saturated rings. The lowest BCUT2D eigenvalue weighted by Gasteiger charge is -2.10. The molecule has 8 nitrogen and oxygen atoms in total. The Hall–Kier alpha value is -3.24. The number of halogens is 1. The highest BCUT2D eigenvalue weighted by Crippen LogP contribution is 2.37. The van der Waals surface area contributed by atoms with Gasteiger partial charge in [-0.25, -0.2) is 0 Å². The Balaban J connectivity index is 1.74. The van der Waals surface area contributed by atoms with Crippen LogP contribution >= 0.6 is 27.3 Å². The van der Waals surface area contributed by atoms with Crippen LogP contribution in [0, 0.1) is 0 Å². The lowest BCUT2D eigenvalue weighted by molar-refractivity contribution is -0.132.